The fraction of sp³-hybridized carbons (Fsp3) is 0.396. The van der Waals surface area contributed by atoms with Crippen molar-refractivity contribution in [2.45, 2.75) is 88.9 Å². The number of alkyl halides is 2. The van der Waals surface area contributed by atoms with Gasteiger partial charge in [-0.15, -0.1) is 0 Å². The number of halogens is 4. The highest BCUT2D eigenvalue weighted by Crippen LogP contribution is 2.39. The van der Waals surface area contributed by atoms with Gasteiger partial charge in [0.15, 0.2) is 23.9 Å². The lowest BCUT2D eigenvalue weighted by Crippen LogP contribution is -2.52. The van der Waals surface area contributed by atoms with Gasteiger partial charge in [-0.25, -0.2) is 9.59 Å². The molecule has 4 atom stereocenters. The molecule has 5 aromatic rings. The molecule has 4 saturated heterocycles. The first-order valence-corrected chi connectivity index (χ1v) is 24.6. The number of fused-ring (bicyclic) bond motifs is 3. The first kappa shape index (κ1) is 48.8. The predicted molar refractivity (Wildman–Crippen MR) is 256 cm³/mol. The van der Waals surface area contributed by atoms with E-state index in [-0.39, 0.29) is 52.5 Å². The van der Waals surface area contributed by atoms with E-state index in [0.29, 0.717) is 71.1 Å². The minimum atomic E-state index is -3.11. The number of pyridine rings is 1. The molecule has 1 saturated carbocycles. The monoisotopic (exact) mass is 998 g/mol. The fourth-order valence-electron chi connectivity index (χ4n) is 9.55. The summed E-state index contributed by atoms with van der Waals surface area (Å²) in [5.41, 5.74) is 3.43. The van der Waals surface area contributed by atoms with Gasteiger partial charge in [0.25, 0.3) is 5.91 Å². The van der Waals surface area contributed by atoms with Crippen LogP contribution in [0.5, 0.6) is 17.2 Å². The van der Waals surface area contributed by atoms with Crippen molar-refractivity contribution in [3.63, 3.8) is 0 Å². The molecule has 1 N–H and O–H groups in total. The first-order valence-electron chi connectivity index (χ1n) is 23.8. The maximum Gasteiger partial charge on any atom is 0.408 e. The number of benzene rings is 4. The van der Waals surface area contributed by atoms with Gasteiger partial charge >= 0.3 is 18.7 Å². The summed E-state index contributed by atoms with van der Waals surface area (Å²) in [5.74, 6) is 0.0182. The number of carbonyl (C=O) groups excluding carboxylic acids is 3. The third kappa shape index (κ3) is 12.2. The number of carbonyl (C=O) groups is 3. The van der Waals surface area contributed by atoms with Crippen molar-refractivity contribution in [3.05, 3.63) is 158 Å². The molecule has 368 valence electrons. The average molecular weight is 1000 g/mol. The summed E-state index contributed by atoms with van der Waals surface area (Å²) in [6, 6.07) is 27.0. The van der Waals surface area contributed by atoms with Crippen molar-refractivity contribution in [2.24, 2.45) is 11.8 Å². The molecule has 0 radical (unpaired) electrons. The van der Waals surface area contributed by atoms with Crippen molar-refractivity contribution in [1.82, 2.24) is 15.1 Å². The van der Waals surface area contributed by atoms with Gasteiger partial charge in [0.1, 0.15) is 40.7 Å². The molecule has 13 nitrogen and oxygen atoms in total. The molecule has 5 fully saturated rings. The summed E-state index contributed by atoms with van der Waals surface area (Å²) in [4.78, 5) is 46.0. The highest BCUT2D eigenvalue weighted by atomic mass is 35.5. The van der Waals surface area contributed by atoms with Gasteiger partial charge in [-0.3, -0.25) is 9.69 Å². The zero-order chi connectivity index (χ0) is 48.7. The van der Waals surface area contributed by atoms with Crippen LogP contribution in [0.4, 0.5) is 13.6 Å². The molecule has 70 heavy (non-hydrogen) atoms. The lowest BCUT2D eigenvalue weighted by atomic mass is 9.86. The predicted octanol–water partition coefficient (Wildman–Crippen LogP) is 10.0. The van der Waals surface area contributed by atoms with Crippen LogP contribution in [-0.2, 0) is 27.3 Å². The normalized spacial score (nSPS) is 20.6. The maximum atomic E-state index is 14.4. The molecule has 1 aromatic heterocycles. The van der Waals surface area contributed by atoms with E-state index >= 15 is 0 Å². The van der Waals surface area contributed by atoms with Gasteiger partial charge in [-0.05, 0) is 129 Å². The van der Waals surface area contributed by atoms with Crippen molar-refractivity contribution in [3.8, 4) is 17.2 Å². The third-order valence-electron chi connectivity index (χ3n) is 13.5. The van der Waals surface area contributed by atoms with E-state index in [1.807, 2.05) is 60.7 Å². The van der Waals surface area contributed by atoms with E-state index in [9.17, 15) is 28.4 Å². The van der Waals surface area contributed by atoms with E-state index in [1.54, 1.807) is 18.2 Å². The van der Waals surface area contributed by atoms with Crippen molar-refractivity contribution < 1.29 is 51.6 Å². The Hall–Kier alpha value is -6.16. The van der Waals surface area contributed by atoms with Crippen LogP contribution in [0.2, 0.25) is 10.0 Å². The van der Waals surface area contributed by atoms with Crippen LogP contribution in [0, 0.1) is 17.0 Å². The molecule has 10 rings (SSSR count). The molecule has 4 aromatic carbocycles. The number of alkyl carbamates (subject to hydrolysis) is 1. The van der Waals surface area contributed by atoms with E-state index in [0.717, 1.165) is 68.8 Å². The summed E-state index contributed by atoms with van der Waals surface area (Å²) in [6.45, 7) is 0.432. The SMILES string of the molecule is O=C(N[C@@H](c1ccccc1)c1cccc(OCc2cccc(C(=O)N3CCCC[C@H]3C(=O)O[C@@H](Cc3c(Cl)c[n+]([O-])cc3Cl)c3ccc(OC(F)F)c(OCC4CC4)c3)c2)c1)O[C@H]1CN2CCC1CC2. The van der Waals surface area contributed by atoms with E-state index in [1.165, 1.54) is 23.1 Å². The number of ether oxygens (including phenoxy) is 5. The molecule has 5 heterocycles. The number of hydrogen-bond donors (Lipinski definition) is 1. The van der Waals surface area contributed by atoms with Gasteiger partial charge in [0.05, 0.1) is 12.6 Å². The van der Waals surface area contributed by atoms with Crippen LogP contribution < -0.4 is 24.3 Å². The van der Waals surface area contributed by atoms with Gasteiger partial charge in [-0.2, -0.15) is 13.5 Å². The van der Waals surface area contributed by atoms with Crippen LogP contribution in [0.15, 0.2) is 109 Å². The van der Waals surface area contributed by atoms with Crippen LogP contribution in [0.3, 0.4) is 0 Å². The smallest absolute Gasteiger partial charge is 0.408 e. The van der Waals surface area contributed by atoms with E-state index in [2.05, 4.69) is 10.2 Å². The number of likely N-dealkylation sites (tertiary alicyclic amines) is 1. The second kappa shape index (κ2) is 22.3. The van der Waals surface area contributed by atoms with Gasteiger partial charge in [0, 0.05) is 30.6 Å². The Labute approximate surface area is 415 Å². The zero-order valence-corrected chi connectivity index (χ0v) is 39.9. The Balaban J connectivity index is 0.895. The Bertz CT molecular complexity index is 2630. The topological polar surface area (TPSA) is 143 Å². The summed E-state index contributed by atoms with van der Waals surface area (Å²) in [6.07, 6.45) is 6.05. The second-order valence-electron chi connectivity index (χ2n) is 18.4. The Kier molecular flexibility index (Phi) is 15.6. The lowest BCUT2D eigenvalue weighted by Gasteiger charge is -2.43. The summed E-state index contributed by atoms with van der Waals surface area (Å²) in [5, 5.41) is 15.3. The summed E-state index contributed by atoms with van der Waals surface area (Å²) < 4.78 is 56.6. The molecule has 0 spiro atoms. The van der Waals surface area contributed by atoms with Crippen molar-refractivity contribution in [1.29, 1.82) is 0 Å². The highest BCUT2D eigenvalue weighted by molar-refractivity contribution is 6.35. The number of piperidine rings is 4. The molecule has 4 aliphatic heterocycles. The van der Waals surface area contributed by atoms with Crippen LogP contribution in [0.1, 0.15) is 95.3 Å². The van der Waals surface area contributed by atoms with Gasteiger partial charge < -0.3 is 39.1 Å². The number of nitrogens with zero attached hydrogens (tertiary/aromatic N) is 3. The highest BCUT2D eigenvalue weighted by Gasteiger charge is 2.38. The number of amides is 2. The molecule has 5 aliphatic rings. The largest absolute Gasteiger partial charge is 0.619 e. The van der Waals surface area contributed by atoms with E-state index in [4.69, 9.17) is 46.9 Å². The number of rotatable bonds is 18. The fourth-order valence-corrected chi connectivity index (χ4v) is 10.1. The Morgan fingerprint density at radius 2 is 1.54 bits per heavy atom. The number of aromatic nitrogens is 1. The molecule has 2 bridgehead atoms. The van der Waals surface area contributed by atoms with Gasteiger partial charge in [-0.1, -0.05) is 83.9 Å². The average Bonchev–Trinajstić information content (AvgIpc) is 4.21. The van der Waals surface area contributed by atoms with Crippen LogP contribution in [-0.4, -0.2) is 79.3 Å². The quantitative estimate of drug-likeness (QED) is 0.0512. The Morgan fingerprint density at radius 1 is 0.786 bits per heavy atom. The number of esters is 1. The van der Waals surface area contributed by atoms with E-state index < -0.39 is 36.9 Å². The first-order chi connectivity index (χ1) is 33.9. The minimum absolute atomic E-state index is 0.0301. The Morgan fingerprint density at radius 3 is 2.27 bits per heavy atom. The second-order valence-corrected chi connectivity index (χ2v) is 19.2. The van der Waals surface area contributed by atoms with Crippen LogP contribution >= 0.6 is 23.2 Å². The molecule has 0 unspecified atom stereocenters. The number of hydrogen-bond acceptors (Lipinski definition) is 10. The van der Waals surface area contributed by atoms with Gasteiger partial charge in [0.2, 0.25) is 0 Å². The lowest BCUT2D eigenvalue weighted by molar-refractivity contribution is -0.605. The van der Waals surface area contributed by atoms with Crippen molar-refractivity contribution >= 4 is 41.2 Å². The maximum absolute atomic E-state index is 14.4. The van der Waals surface area contributed by atoms with Crippen molar-refractivity contribution in [2.75, 3.05) is 32.8 Å². The summed E-state index contributed by atoms with van der Waals surface area (Å²) >= 11 is 13.0. The molecule has 2 amide bonds. The molecule has 1 aliphatic carbocycles. The standard InChI is InChI=1S/C53H54Cl2F2N4O9/c54-42-28-60(65)29-43(55)41(42)27-46(37-17-18-45(69-52(56)57)47(26-37)67-31-33-15-16-33)68-51(63)44-14-4-5-21-61(44)50(62)39-12-6-8-34(24-39)32-66-40-13-7-11-38(25-40)49(36-9-2-1-3-10-36)58-53(64)70-48-30-59-22-19-35(48)20-23-59/h1-3,6-13,17-18,24-26,28-29,33,35,44,46,48-49,52H,4-5,14-16,19-23,27,30-32H2,(H,58,64)/t44-,46-,48-,49-/m0/s1. The molecular formula is C53H54Cl2F2N4O9. The molecule has 17 heteroatoms. The zero-order valence-electron chi connectivity index (χ0n) is 38.4. The minimum Gasteiger partial charge on any atom is -0.619 e. The summed E-state index contributed by atoms with van der Waals surface area (Å²) in [7, 11) is 0. The molecular weight excluding hydrogens is 946 g/mol. The number of nitrogens with one attached hydrogen (secondary N) is 1. The van der Waals surface area contributed by atoms with Crippen LogP contribution in [0.25, 0.3) is 0 Å². The third-order valence-corrected chi connectivity index (χ3v) is 14.1.